The number of aryl methyl sites for hydroxylation is 1. The van der Waals surface area contributed by atoms with Crippen LogP contribution in [0, 0.1) is 0 Å². The number of nitrogens with zero attached hydrogens (tertiary/aromatic N) is 2. The predicted molar refractivity (Wildman–Crippen MR) is 81.6 cm³/mol. The number of anilines is 1. The number of hydrogen-bond donors (Lipinski definition) is 1. The number of aliphatic carboxylic acids is 1. The zero-order chi connectivity index (χ0) is 16.1. The molecule has 22 heavy (non-hydrogen) atoms. The molecule has 0 atom stereocenters. The van der Waals surface area contributed by atoms with Crippen molar-refractivity contribution < 1.29 is 19.5 Å². The van der Waals surface area contributed by atoms with Gasteiger partial charge in [-0.15, -0.1) is 0 Å². The maximum absolute atomic E-state index is 12.4. The van der Waals surface area contributed by atoms with Gasteiger partial charge in [-0.05, 0) is 24.5 Å². The first-order valence-electron chi connectivity index (χ1n) is 7.40. The van der Waals surface area contributed by atoms with E-state index in [-0.39, 0.29) is 24.9 Å². The van der Waals surface area contributed by atoms with Gasteiger partial charge in [0.05, 0.1) is 0 Å². The Morgan fingerprint density at radius 3 is 2.68 bits per heavy atom. The standard InChI is InChI=1S/C16H20N2O4/c1-2-9-17(11-16(21)22)15(20)10-18-13-6-4-3-5-12(13)7-8-14(18)19/h3-6H,2,7-11H2,1H3,(H,21,22). The molecule has 2 rings (SSSR count). The van der Waals surface area contributed by atoms with Crippen molar-refractivity contribution in [3.05, 3.63) is 29.8 Å². The molecule has 0 bridgehead atoms. The van der Waals surface area contributed by atoms with Crippen LogP contribution in [0.2, 0.25) is 0 Å². The Hall–Kier alpha value is -2.37. The zero-order valence-corrected chi connectivity index (χ0v) is 12.6. The summed E-state index contributed by atoms with van der Waals surface area (Å²) in [6, 6.07) is 7.50. The Morgan fingerprint density at radius 2 is 2.00 bits per heavy atom. The first kappa shape index (κ1) is 16.0. The lowest BCUT2D eigenvalue weighted by molar-refractivity contribution is -0.144. The molecule has 0 saturated heterocycles. The zero-order valence-electron chi connectivity index (χ0n) is 12.6. The Labute approximate surface area is 129 Å². The molecule has 1 aromatic rings. The second kappa shape index (κ2) is 7.06. The van der Waals surface area contributed by atoms with Gasteiger partial charge in [0.25, 0.3) is 0 Å². The van der Waals surface area contributed by atoms with Crippen molar-refractivity contribution in [1.29, 1.82) is 0 Å². The summed E-state index contributed by atoms with van der Waals surface area (Å²) in [5.41, 5.74) is 1.79. The van der Waals surface area contributed by atoms with Crippen LogP contribution in [0.5, 0.6) is 0 Å². The van der Waals surface area contributed by atoms with Crippen molar-refractivity contribution >= 4 is 23.5 Å². The van der Waals surface area contributed by atoms with Crippen molar-refractivity contribution in [3.8, 4) is 0 Å². The van der Waals surface area contributed by atoms with Crippen LogP contribution in [0.3, 0.4) is 0 Å². The summed E-state index contributed by atoms with van der Waals surface area (Å²) in [6.45, 7) is 1.80. The Bertz CT molecular complexity index is 585. The van der Waals surface area contributed by atoms with Crippen LogP contribution >= 0.6 is 0 Å². The van der Waals surface area contributed by atoms with Crippen molar-refractivity contribution in [2.24, 2.45) is 0 Å². The van der Waals surface area contributed by atoms with E-state index in [0.717, 1.165) is 11.3 Å². The van der Waals surface area contributed by atoms with Crippen LogP contribution < -0.4 is 4.90 Å². The van der Waals surface area contributed by atoms with Crippen LogP contribution in [-0.4, -0.2) is 47.4 Å². The van der Waals surface area contributed by atoms with Gasteiger partial charge in [0, 0.05) is 18.7 Å². The normalized spacial score (nSPS) is 13.7. The lowest BCUT2D eigenvalue weighted by Crippen LogP contribution is -2.46. The van der Waals surface area contributed by atoms with E-state index in [1.807, 2.05) is 31.2 Å². The largest absolute Gasteiger partial charge is 0.480 e. The topological polar surface area (TPSA) is 77.9 Å². The fourth-order valence-electron chi connectivity index (χ4n) is 2.63. The van der Waals surface area contributed by atoms with Gasteiger partial charge in [-0.25, -0.2) is 0 Å². The first-order valence-corrected chi connectivity index (χ1v) is 7.40. The molecule has 0 aromatic heterocycles. The van der Waals surface area contributed by atoms with E-state index in [9.17, 15) is 14.4 Å². The van der Waals surface area contributed by atoms with Gasteiger partial charge < -0.3 is 14.9 Å². The molecule has 0 unspecified atom stereocenters. The lowest BCUT2D eigenvalue weighted by atomic mass is 10.0. The number of rotatable bonds is 6. The lowest BCUT2D eigenvalue weighted by Gasteiger charge is -2.31. The maximum atomic E-state index is 12.4. The molecule has 0 spiro atoms. The van der Waals surface area contributed by atoms with Crippen molar-refractivity contribution in [2.45, 2.75) is 26.2 Å². The predicted octanol–water partition coefficient (Wildman–Crippen LogP) is 1.29. The molecular formula is C16H20N2O4. The molecule has 118 valence electrons. The minimum atomic E-state index is -1.05. The quantitative estimate of drug-likeness (QED) is 0.859. The van der Waals surface area contributed by atoms with E-state index in [1.54, 1.807) is 0 Å². The van der Waals surface area contributed by atoms with Gasteiger partial charge in [0.15, 0.2) is 0 Å². The summed E-state index contributed by atoms with van der Waals surface area (Å²) in [5.74, 6) is -1.49. The first-order chi connectivity index (χ1) is 10.5. The van der Waals surface area contributed by atoms with E-state index in [4.69, 9.17) is 5.11 Å². The highest BCUT2D eigenvalue weighted by atomic mass is 16.4. The highest BCUT2D eigenvalue weighted by Crippen LogP contribution is 2.27. The Morgan fingerprint density at radius 1 is 1.27 bits per heavy atom. The smallest absolute Gasteiger partial charge is 0.323 e. The molecule has 0 radical (unpaired) electrons. The third-order valence-electron chi connectivity index (χ3n) is 3.66. The van der Waals surface area contributed by atoms with E-state index < -0.39 is 5.97 Å². The third kappa shape index (κ3) is 3.63. The van der Waals surface area contributed by atoms with Crippen LogP contribution in [0.4, 0.5) is 5.69 Å². The number of benzene rings is 1. The molecule has 6 heteroatoms. The van der Waals surface area contributed by atoms with Gasteiger partial charge in [-0.1, -0.05) is 25.1 Å². The molecule has 0 fully saturated rings. The highest BCUT2D eigenvalue weighted by Gasteiger charge is 2.27. The summed E-state index contributed by atoms with van der Waals surface area (Å²) in [4.78, 5) is 38.1. The van der Waals surface area contributed by atoms with Gasteiger partial charge in [0.1, 0.15) is 13.1 Å². The van der Waals surface area contributed by atoms with Crippen molar-refractivity contribution in [1.82, 2.24) is 4.90 Å². The number of carbonyl (C=O) groups is 3. The molecule has 2 amide bonds. The summed E-state index contributed by atoms with van der Waals surface area (Å²) in [6.07, 6.45) is 1.72. The maximum Gasteiger partial charge on any atom is 0.323 e. The van der Waals surface area contributed by atoms with E-state index >= 15 is 0 Å². The van der Waals surface area contributed by atoms with Crippen LogP contribution in [0.25, 0.3) is 0 Å². The summed E-state index contributed by atoms with van der Waals surface area (Å²) < 4.78 is 0. The van der Waals surface area contributed by atoms with Gasteiger partial charge >= 0.3 is 5.97 Å². The number of carbonyl (C=O) groups excluding carboxylic acids is 2. The molecule has 1 aliphatic heterocycles. The fraction of sp³-hybridized carbons (Fsp3) is 0.438. The average Bonchev–Trinajstić information content (AvgIpc) is 2.49. The third-order valence-corrected chi connectivity index (χ3v) is 3.66. The number of carboxylic acids is 1. The minimum absolute atomic E-state index is 0.0983. The summed E-state index contributed by atoms with van der Waals surface area (Å²) >= 11 is 0. The van der Waals surface area contributed by atoms with Gasteiger partial charge in [-0.2, -0.15) is 0 Å². The Balaban J connectivity index is 2.16. The molecule has 0 aliphatic carbocycles. The van der Waals surface area contributed by atoms with Crippen molar-refractivity contribution in [2.75, 3.05) is 24.5 Å². The molecule has 1 N–H and O–H groups in total. The molecule has 1 aromatic carbocycles. The number of amides is 2. The molecule has 1 heterocycles. The molecule has 6 nitrogen and oxygen atoms in total. The average molecular weight is 304 g/mol. The number of carboxylic acid groups (broad SMARTS) is 1. The van der Waals surface area contributed by atoms with Crippen LogP contribution in [0.1, 0.15) is 25.3 Å². The van der Waals surface area contributed by atoms with E-state index in [0.29, 0.717) is 25.8 Å². The monoisotopic (exact) mass is 304 g/mol. The summed E-state index contributed by atoms with van der Waals surface area (Å²) in [5, 5.41) is 8.90. The van der Waals surface area contributed by atoms with Crippen LogP contribution in [0.15, 0.2) is 24.3 Å². The van der Waals surface area contributed by atoms with E-state index in [2.05, 4.69) is 0 Å². The van der Waals surface area contributed by atoms with E-state index in [1.165, 1.54) is 9.80 Å². The molecule has 0 saturated carbocycles. The van der Waals surface area contributed by atoms with Gasteiger partial charge in [0.2, 0.25) is 11.8 Å². The summed E-state index contributed by atoms with van der Waals surface area (Å²) in [7, 11) is 0. The number of hydrogen-bond acceptors (Lipinski definition) is 3. The van der Waals surface area contributed by atoms with Crippen molar-refractivity contribution in [3.63, 3.8) is 0 Å². The number of fused-ring (bicyclic) bond motifs is 1. The Kier molecular flexibility index (Phi) is 5.14. The highest BCUT2D eigenvalue weighted by molar-refractivity contribution is 6.01. The SMILES string of the molecule is CCCN(CC(=O)O)C(=O)CN1C(=O)CCc2ccccc21. The second-order valence-electron chi connectivity index (χ2n) is 5.32. The second-order valence-corrected chi connectivity index (χ2v) is 5.32. The van der Waals surface area contributed by atoms with Crippen LogP contribution in [-0.2, 0) is 20.8 Å². The molecular weight excluding hydrogens is 284 g/mol. The minimum Gasteiger partial charge on any atom is -0.480 e. The molecule has 1 aliphatic rings. The fourth-order valence-corrected chi connectivity index (χ4v) is 2.63. The number of para-hydroxylation sites is 1. The van der Waals surface area contributed by atoms with Gasteiger partial charge in [-0.3, -0.25) is 14.4 Å².